The summed E-state index contributed by atoms with van der Waals surface area (Å²) in [4.78, 5) is 45.8. The predicted molar refractivity (Wildman–Crippen MR) is 133 cm³/mol. The van der Waals surface area contributed by atoms with Gasteiger partial charge < -0.3 is 10.1 Å². The number of anilines is 1. The van der Waals surface area contributed by atoms with Crippen LogP contribution in [-0.4, -0.2) is 35.5 Å². The molecule has 2 atom stereocenters. The summed E-state index contributed by atoms with van der Waals surface area (Å²) in [5.74, 6) is -0.799. The van der Waals surface area contributed by atoms with E-state index in [9.17, 15) is 14.4 Å². The van der Waals surface area contributed by atoms with E-state index in [1.807, 2.05) is 0 Å². The summed E-state index contributed by atoms with van der Waals surface area (Å²) in [6.07, 6.45) is 6.61. The SMILES string of the molecule is CCCCC1C(=O)CCC1=NC(CC(=O)OC)c1ccc(NC(=O)c2c(Cl)cncc2Cl)cc1. The molecule has 1 aromatic heterocycles. The van der Waals surface area contributed by atoms with E-state index >= 15 is 0 Å². The van der Waals surface area contributed by atoms with E-state index < -0.39 is 11.9 Å². The monoisotopic (exact) mass is 503 g/mol. The van der Waals surface area contributed by atoms with Crippen LogP contribution in [0.5, 0.6) is 0 Å². The topological polar surface area (TPSA) is 97.7 Å². The number of methoxy groups -OCH3 is 1. The number of esters is 1. The van der Waals surface area contributed by atoms with Gasteiger partial charge in [0.1, 0.15) is 5.78 Å². The molecule has 0 saturated heterocycles. The number of hydrogen-bond donors (Lipinski definition) is 1. The van der Waals surface area contributed by atoms with Gasteiger partial charge in [0.25, 0.3) is 5.91 Å². The third-order valence-electron chi connectivity index (χ3n) is 5.81. The van der Waals surface area contributed by atoms with Gasteiger partial charge in [-0.15, -0.1) is 0 Å². The number of carbonyl (C=O) groups is 3. The highest BCUT2D eigenvalue weighted by Crippen LogP contribution is 2.31. The van der Waals surface area contributed by atoms with E-state index in [2.05, 4.69) is 17.2 Å². The zero-order valence-corrected chi connectivity index (χ0v) is 20.7. The van der Waals surface area contributed by atoms with Gasteiger partial charge in [0.05, 0.1) is 41.1 Å². The Morgan fingerprint density at radius 1 is 1.18 bits per heavy atom. The summed E-state index contributed by atoms with van der Waals surface area (Å²) >= 11 is 12.1. The van der Waals surface area contributed by atoms with Crippen molar-refractivity contribution < 1.29 is 19.1 Å². The largest absolute Gasteiger partial charge is 0.469 e. The molecule has 34 heavy (non-hydrogen) atoms. The second-order valence-electron chi connectivity index (χ2n) is 8.13. The molecule has 1 aromatic carbocycles. The molecule has 1 aliphatic rings. The van der Waals surface area contributed by atoms with Crippen LogP contribution in [0.2, 0.25) is 10.0 Å². The van der Waals surface area contributed by atoms with Crippen molar-refractivity contribution in [3.05, 3.63) is 57.8 Å². The van der Waals surface area contributed by atoms with E-state index in [4.69, 9.17) is 32.9 Å². The smallest absolute Gasteiger partial charge is 0.308 e. The average molecular weight is 504 g/mol. The Labute approximate surface area is 208 Å². The summed E-state index contributed by atoms with van der Waals surface area (Å²) in [6, 6.07) is 6.54. The fraction of sp³-hybridized carbons (Fsp3) is 0.400. The number of pyridine rings is 1. The lowest BCUT2D eigenvalue weighted by Crippen LogP contribution is -2.17. The van der Waals surface area contributed by atoms with Crippen molar-refractivity contribution in [3.63, 3.8) is 0 Å². The molecule has 2 aromatic rings. The van der Waals surface area contributed by atoms with Crippen molar-refractivity contribution >= 4 is 52.3 Å². The maximum atomic E-state index is 12.6. The molecule has 1 heterocycles. The first-order chi connectivity index (χ1) is 16.3. The molecule has 9 heteroatoms. The summed E-state index contributed by atoms with van der Waals surface area (Å²) < 4.78 is 4.87. The van der Waals surface area contributed by atoms with Gasteiger partial charge in [0, 0.05) is 30.2 Å². The fourth-order valence-electron chi connectivity index (χ4n) is 3.97. The summed E-state index contributed by atoms with van der Waals surface area (Å²) in [7, 11) is 1.34. The van der Waals surface area contributed by atoms with Crippen LogP contribution in [0, 0.1) is 5.92 Å². The van der Waals surface area contributed by atoms with Crippen LogP contribution in [0.4, 0.5) is 5.69 Å². The van der Waals surface area contributed by atoms with Crippen LogP contribution in [0.3, 0.4) is 0 Å². The number of benzene rings is 1. The summed E-state index contributed by atoms with van der Waals surface area (Å²) in [5.41, 5.74) is 2.30. The number of aromatic nitrogens is 1. The number of amides is 1. The van der Waals surface area contributed by atoms with Gasteiger partial charge in [-0.05, 0) is 30.5 Å². The van der Waals surface area contributed by atoms with Crippen molar-refractivity contribution in [1.29, 1.82) is 0 Å². The minimum Gasteiger partial charge on any atom is -0.469 e. The molecular weight excluding hydrogens is 477 g/mol. The highest BCUT2D eigenvalue weighted by atomic mass is 35.5. The predicted octanol–water partition coefficient (Wildman–Crippen LogP) is 5.86. The van der Waals surface area contributed by atoms with Gasteiger partial charge in [-0.1, -0.05) is 55.1 Å². The molecule has 1 fully saturated rings. The van der Waals surface area contributed by atoms with E-state index in [0.29, 0.717) is 18.5 Å². The van der Waals surface area contributed by atoms with Crippen molar-refractivity contribution in [2.24, 2.45) is 10.9 Å². The van der Waals surface area contributed by atoms with Crippen LogP contribution in [0.15, 0.2) is 41.7 Å². The second kappa shape index (κ2) is 12.1. The minimum absolute atomic E-state index is 0.0582. The van der Waals surface area contributed by atoms with E-state index in [1.54, 1.807) is 24.3 Å². The van der Waals surface area contributed by atoms with Crippen LogP contribution in [0.1, 0.15) is 67.4 Å². The first-order valence-corrected chi connectivity index (χ1v) is 12.0. The third-order valence-corrected chi connectivity index (χ3v) is 6.38. The zero-order valence-electron chi connectivity index (χ0n) is 19.1. The number of rotatable bonds is 9. The number of aliphatic imine (C=N–C) groups is 1. The molecule has 1 N–H and O–H groups in total. The van der Waals surface area contributed by atoms with Crippen molar-refractivity contribution in [3.8, 4) is 0 Å². The van der Waals surface area contributed by atoms with Gasteiger partial charge in [0.2, 0.25) is 0 Å². The number of nitrogens with zero attached hydrogens (tertiary/aromatic N) is 2. The minimum atomic E-state index is -0.480. The van der Waals surface area contributed by atoms with Gasteiger partial charge >= 0.3 is 5.97 Å². The molecule has 7 nitrogen and oxygen atoms in total. The Kier molecular flexibility index (Phi) is 9.19. The molecule has 0 radical (unpaired) electrons. The number of halogens is 2. The lowest BCUT2D eigenvalue weighted by Gasteiger charge is -2.17. The van der Waals surface area contributed by atoms with Crippen LogP contribution in [0.25, 0.3) is 0 Å². The Balaban J connectivity index is 1.82. The third kappa shape index (κ3) is 6.42. The van der Waals surface area contributed by atoms with Gasteiger partial charge in [-0.25, -0.2) is 0 Å². The highest BCUT2D eigenvalue weighted by Gasteiger charge is 2.31. The molecule has 0 aliphatic heterocycles. The highest BCUT2D eigenvalue weighted by molar-refractivity contribution is 6.40. The maximum Gasteiger partial charge on any atom is 0.308 e. The quantitative estimate of drug-likeness (QED) is 0.432. The lowest BCUT2D eigenvalue weighted by molar-refractivity contribution is -0.141. The fourth-order valence-corrected chi connectivity index (χ4v) is 4.50. The average Bonchev–Trinajstić information content (AvgIpc) is 3.16. The molecule has 0 spiro atoms. The molecule has 1 saturated carbocycles. The summed E-state index contributed by atoms with van der Waals surface area (Å²) in [5, 5.41) is 3.06. The summed E-state index contributed by atoms with van der Waals surface area (Å²) in [6.45, 7) is 2.09. The standard InChI is InChI=1S/C25H27Cl2N3O4/c1-3-4-5-17-20(10-11-22(17)31)30-21(12-23(32)34-2)15-6-8-16(9-7-15)29-25(33)24-18(26)13-28-14-19(24)27/h6-9,13-14,17,21H,3-5,10-12H2,1-2H3,(H,29,33). The van der Waals surface area contributed by atoms with Crippen molar-refractivity contribution in [2.45, 2.75) is 51.5 Å². The Bertz CT molecular complexity index is 1070. The van der Waals surface area contributed by atoms with Gasteiger partial charge in [-0.2, -0.15) is 0 Å². The van der Waals surface area contributed by atoms with E-state index in [0.717, 1.165) is 30.5 Å². The van der Waals surface area contributed by atoms with Crippen molar-refractivity contribution in [2.75, 3.05) is 12.4 Å². The van der Waals surface area contributed by atoms with E-state index in [1.165, 1.54) is 19.5 Å². The van der Waals surface area contributed by atoms with Crippen LogP contribution in [-0.2, 0) is 14.3 Å². The molecule has 1 amide bonds. The molecule has 2 unspecified atom stereocenters. The molecule has 0 bridgehead atoms. The number of unbranched alkanes of at least 4 members (excludes halogenated alkanes) is 1. The van der Waals surface area contributed by atoms with Crippen LogP contribution < -0.4 is 5.32 Å². The Morgan fingerprint density at radius 2 is 1.85 bits per heavy atom. The number of Topliss-reactive ketones (excluding diaryl/α,β-unsaturated/α-hetero) is 1. The first kappa shape index (κ1) is 25.8. The molecule has 180 valence electrons. The number of carbonyl (C=O) groups excluding carboxylic acids is 3. The number of nitrogens with one attached hydrogen (secondary N) is 1. The first-order valence-electron chi connectivity index (χ1n) is 11.2. The maximum absolute atomic E-state index is 12.6. The number of ether oxygens (including phenoxy) is 1. The number of hydrogen-bond acceptors (Lipinski definition) is 6. The lowest BCUT2D eigenvalue weighted by atomic mass is 9.97. The van der Waals surface area contributed by atoms with Gasteiger partial charge in [0.15, 0.2) is 0 Å². The Morgan fingerprint density at radius 3 is 2.47 bits per heavy atom. The van der Waals surface area contributed by atoms with E-state index in [-0.39, 0.29) is 39.7 Å². The molecular formula is C25H27Cl2N3O4. The second-order valence-corrected chi connectivity index (χ2v) is 8.95. The number of ketones is 1. The Hall–Kier alpha value is -2.77. The normalized spacial score (nSPS) is 17.6. The zero-order chi connectivity index (χ0) is 24.7. The van der Waals surface area contributed by atoms with Gasteiger partial charge in [-0.3, -0.25) is 24.4 Å². The molecule has 3 rings (SSSR count). The van der Waals surface area contributed by atoms with Crippen LogP contribution >= 0.6 is 23.2 Å². The van der Waals surface area contributed by atoms with Crippen molar-refractivity contribution in [1.82, 2.24) is 4.98 Å². The molecule has 1 aliphatic carbocycles.